The average molecular weight is 310 g/mol. The van der Waals surface area contributed by atoms with Crippen molar-refractivity contribution in [2.75, 3.05) is 6.54 Å². The average Bonchev–Trinajstić information content (AvgIpc) is 3.10. The monoisotopic (exact) mass is 310 g/mol. The fourth-order valence-electron chi connectivity index (χ4n) is 2.36. The van der Waals surface area contributed by atoms with Crippen molar-refractivity contribution in [2.45, 2.75) is 63.9 Å². The van der Waals surface area contributed by atoms with Crippen LogP contribution in [0, 0.1) is 13.8 Å². The molecule has 0 aromatic heterocycles. The van der Waals surface area contributed by atoms with Crippen LogP contribution in [0.15, 0.2) is 17.0 Å². The minimum atomic E-state index is -3.44. The van der Waals surface area contributed by atoms with Crippen LogP contribution < -0.4 is 10.0 Å². The van der Waals surface area contributed by atoms with Crippen molar-refractivity contribution < 1.29 is 8.42 Å². The first-order chi connectivity index (χ1) is 9.77. The van der Waals surface area contributed by atoms with Gasteiger partial charge < -0.3 is 5.32 Å². The van der Waals surface area contributed by atoms with Gasteiger partial charge in [0, 0.05) is 12.1 Å². The molecule has 2 rings (SSSR count). The normalized spacial score (nSPS) is 17.0. The zero-order chi connectivity index (χ0) is 15.7. The lowest BCUT2D eigenvalue weighted by molar-refractivity contribution is 0.557. The molecule has 0 spiro atoms. The Bertz CT molecular complexity index is 619. The predicted octanol–water partition coefficient (Wildman–Crippen LogP) is 2.63. The van der Waals surface area contributed by atoms with Crippen molar-refractivity contribution in [3.05, 3.63) is 28.8 Å². The lowest BCUT2D eigenvalue weighted by atomic mass is 10.1. The number of benzene rings is 1. The van der Waals surface area contributed by atoms with Crippen LogP contribution in [0.2, 0.25) is 0 Å². The molecular formula is C16H26N2O2S. The SMILES string of the molecule is CCCNCc1cc(C)c(C)c(S(=O)(=O)NC2(C)CC2)c1. The van der Waals surface area contributed by atoms with E-state index < -0.39 is 10.0 Å². The Labute approximate surface area is 128 Å². The largest absolute Gasteiger partial charge is 0.313 e. The van der Waals surface area contributed by atoms with Crippen LogP contribution in [0.4, 0.5) is 0 Å². The molecule has 0 heterocycles. The minimum Gasteiger partial charge on any atom is -0.313 e. The lowest BCUT2D eigenvalue weighted by Crippen LogP contribution is -2.34. The van der Waals surface area contributed by atoms with E-state index in [0.29, 0.717) is 11.4 Å². The highest BCUT2D eigenvalue weighted by Gasteiger charge is 2.41. The van der Waals surface area contributed by atoms with E-state index in [2.05, 4.69) is 23.0 Å². The van der Waals surface area contributed by atoms with E-state index in [9.17, 15) is 8.42 Å². The molecule has 1 saturated carbocycles. The molecule has 0 saturated heterocycles. The molecule has 0 aliphatic heterocycles. The van der Waals surface area contributed by atoms with Gasteiger partial charge in [-0.1, -0.05) is 13.0 Å². The Kier molecular flexibility index (Phi) is 4.76. The van der Waals surface area contributed by atoms with Gasteiger partial charge in [-0.25, -0.2) is 13.1 Å². The first kappa shape index (κ1) is 16.5. The second kappa shape index (κ2) is 6.07. The quantitative estimate of drug-likeness (QED) is 0.761. The van der Waals surface area contributed by atoms with Crippen LogP contribution >= 0.6 is 0 Å². The zero-order valence-corrected chi connectivity index (χ0v) is 14.2. The first-order valence-corrected chi connectivity index (χ1v) is 9.10. The van der Waals surface area contributed by atoms with Crippen molar-refractivity contribution in [1.29, 1.82) is 0 Å². The van der Waals surface area contributed by atoms with Crippen LogP contribution in [-0.4, -0.2) is 20.5 Å². The minimum absolute atomic E-state index is 0.240. The Morgan fingerprint density at radius 1 is 1.24 bits per heavy atom. The summed E-state index contributed by atoms with van der Waals surface area (Å²) in [6.07, 6.45) is 2.90. The van der Waals surface area contributed by atoms with E-state index in [1.807, 2.05) is 20.8 Å². The fraction of sp³-hybridized carbons (Fsp3) is 0.625. The summed E-state index contributed by atoms with van der Waals surface area (Å²) in [5.74, 6) is 0. The molecule has 0 radical (unpaired) electrons. The van der Waals surface area contributed by atoms with Gasteiger partial charge in [-0.05, 0) is 69.3 Å². The summed E-state index contributed by atoms with van der Waals surface area (Å²) >= 11 is 0. The molecule has 0 amide bonds. The molecule has 21 heavy (non-hydrogen) atoms. The van der Waals surface area contributed by atoms with Crippen molar-refractivity contribution in [1.82, 2.24) is 10.0 Å². The molecule has 0 atom stereocenters. The molecule has 118 valence electrons. The van der Waals surface area contributed by atoms with Crippen molar-refractivity contribution in [3.63, 3.8) is 0 Å². The van der Waals surface area contributed by atoms with E-state index in [1.54, 1.807) is 6.07 Å². The van der Waals surface area contributed by atoms with Gasteiger partial charge in [0.05, 0.1) is 4.90 Å². The van der Waals surface area contributed by atoms with E-state index in [4.69, 9.17) is 0 Å². The zero-order valence-electron chi connectivity index (χ0n) is 13.4. The van der Waals surface area contributed by atoms with Gasteiger partial charge in [0.1, 0.15) is 0 Å². The number of hydrogen-bond donors (Lipinski definition) is 2. The van der Waals surface area contributed by atoms with Crippen molar-refractivity contribution in [2.24, 2.45) is 0 Å². The number of rotatable bonds is 7. The van der Waals surface area contributed by atoms with Gasteiger partial charge >= 0.3 is 0 Å². The summed E-state index contributed by atoms with van der Waals surface area (Å²) in [5.41, 5.74) is 2.64. The van der Waals surface area contributed by atoms with Crippen LogP contribution in [-0.2, 0) is 16.6 Å². The van der Waals surface area contributed by atoms with E-state index >= 15 is 0 Å². The molecule has 2 N–H and O–H groups in total. The topological polar surface area (TPSA) is 58.2 Å². The fourth-order valence-corrected chi connectivity index (χ4v) is 4.19. The predicted molar refractivity (Wildman–Crippen MR) is 85.9 cm³/mol. The van der Waals surface area contributed by atoms with Crippen LogP contribution in [0.3, 0.4) is 0 Å². The highest BCUT2D eigenvalue weighted by atomic mass is 32.2. The Morgan fingerprint density at radius 2 is 1.90 bits per heavy atom. The highest BCUT2D eigenvalue weighted by Crippen LogP contribution is 2.36. The third-order valence-electron chi connectivity index (χ3n) is 4.11. The van der Waals surface area contributed by atoms with Gasteiger partial charge in [0.2, 0.25) is 10.0 Å². The summed E-state index contributed by atoms with van der Waals surface area (Å²) in [4.78, 5) is 0.420. The highest BCUT2D eigenvalue weighted by molar-refractivity contribution is 7.89. The summed E-state index contributed by atoms with van der Waals surface area (Å²) in [6.45, 7) is 9.56. The summed E-state index contributed by atoms with van der Waals surface area (Å²) < 4.78 is 28.1. The summed E-state index contributed by atoms with van der Waals surface area (Å²) in [6, 6.07) is 3.87. The van der Waals surface area contributed by atoms with E-state index in [-0.39, 0.29) is 5.54 Å². The van der Waals surface area contributed by atoms with Gasteiger partial charge in [-0.2, -0.15) is 0 Å². The Hall–Kier alpha value is -0.910. The molecule has 0 bridgehead atoms. The van der Waals surface area contributed by atoms with Gasteiger partial charge in [-0.3, -0.25) is 0 Å². The maximum Gasteiger partial charge on any atom is 0.241 e. The van der Waals surface area contributed by atoms with Crippen molar-refractivity contribution in [3.8, 4) is 0 Å². The van der Waals surface area contributed by atoms with Gasteiger partial charge in [-0.15, -0.1) is 0 Å². The number of nitrogens with one attached hydrogen (secondary N) is 2. The smallest absolute Gasteiger partial charge is 0.241 e. The van der Waals surface area contributed by atoms with Crippen molar-refractivity contribution >= 4 is 10.0 Å². The summed E-state index contributed by atoms with van der Waals surface area (Å²) in [7, 11) is -3.44. The van der Waals surface area contributed by atoms with E-state index in [1.165, 1.54) is 0 Å². The van der Waals surface area contributed by atoms with Crippen LogP contribution in [0.5, 0.6) is 0 Å². The molecule has 1 aromatic rings. The molecule has 0 unspecified atom stereocenters. The number of hydrogen-bond acceptors (Lipinski definition) is 3. The van der Waals surface area contributed by atoms with Crippen LogP contribution in [0.1, 0.15) is 49.8 Å². The second-order valence-electron chi connectivity index (χ2n) is 6.38. The Balaban J connectivity index is 2.28. The number of aryl methyl sites for hydroxylation is 1. The maximum atomic E-state index is 12.6. The molecule has 5 heteroatoms. The van der Waals surface area contributed by atoms with Gasteiger partial charge in [0.15, 0.2) is 0 Å². The Morgan fingerprint density at radius 3 is 2.48 bits per heavy atom. The molecule has 1 aliphatic carbocycles. The lowest BCUT2D eigenvalue weighted by Gasteiger charge is -2.17. The van der Waals surface area contributed by atoms with E-state index in [0.717, 1.165) is 42.5 Å². The molecular weight excluding hydrogens is 284 g/mol. The first-order valence-electron chi connectivity index (χ1n) is 7.62. The van der Waals surface area contributed by atoms with Gasteiger partial charge in [0.25, 0.3) is 0 Å². The summed E-state index contributed by atoms with van der Waals surface area (Å²) in [5, 5.41) is 3.32. The molecule has 4 nitrogen and oxygen atoms in total. The standard InChI is InChI=1S/C16H26N2O2S/c1-5-8-17-11-14-9-12(2)13(3)15(10-14)21(19,20)18-16(4)6-7-16/h9-10,17-18H,5-8,11H2,1-4H3. The third kappa shape index (κ3) is 4.05. The second-order valence-corrected chi connectivity index (χ2v) is 8.03. The third-order valence-corrected chi connectivity index (χ3v) is 5.87. The van der Waals surface area contributed by atoms with Crippen LogP contribution in [0.25, 0.3) is 0 Å². The maximum absolute atomic E-state index is 12.6. The molecule has 1 fully saturated rings. The number of sulfonamides is 1. The molecule has 1 aromatic carbocycles. The molecule has 1 aliphatic rings.